The molecule has 1 fully saturated rings. The standard InChI is InChI=1S/C27H24F3N3O4.C15H9F3N2O2/c1-26(2)36-16-21(37-26)15-35-20-9-4-8-19(13-20)31-25(34)22-10-5-11-33-14-23(32-24(22)33)17-6-3-7-18(12-17)27(28,29)30;16-15(17,18)10-4-1-3-9(7-10)12-8-20-6-2-5-11(14(21)22)13(20)19-12/h3-14,21H,15-16H2,1-2H3,(H,31,34);1-8H,(H,21,22). The molecule has 0 spiro atoms. The second-order valence-corrected chi connectivity index (χ2v) is 13.8. The number of amides is 1. The Labute approximate surface area is 331 Å². The number of rotatable bonds is 8. The van der Waals surface area contributed by atoms with E-state index in [2.05, 4.69) is 15.3 Å². The van der Waals surface area contributed by atoms with E-state index in [1.807, 2.05) is 13.8 Å². The normalized spacial score (nSPS) is 15.2. The van der Waals surface area contributed by atoms with Gasteiger partial charge in [-0.25, -0.2) is 14.8 Å². The molecule has 0 radical (unpaired) electrons. The van der Waals surface area contributed by atoms with Gasteiger partial charge in [0.2, 0.25) is 0 Å². The van der Waals surface area contributed by atoms with E-state index in [1.165, 1.54) is 40.9 Å². The molecule has 1 amide bonds. The number of anilines is 1. The molecule has 304 valence electrons. The summed E-state index contributed by atoms with van der Waals surface area (Å²) in [5.41, 5.74) is 0.902. The predicted molar refractivity (Wildman–Crippen MR) is 203 cm³/mol. The number of fused-ring (bicyclic) bond motifs is 2. The van der Waals surface area contributed by atoms with Crippen molar-refractivity contribution in [1.29, 1.82) is 0 Å². The number of hydrogen-bond donors (Lipinski definition) is 2. The summed E-state index contributed by atoms with van der Waals surface area (Å²) in [7, 11) is 0. The van der Waals surface area contributed by atoms with Gasteiger partial charge >= 0.3 is 18.3 Å². The average molecular weight is 818 g/mol. The molecule has 3 aromatic carbocycles. The predicted octanol–water partition coefficient (Wildman–Crippen LogP) is 9.52. The Bertz CT molecular complexity index is 2670. The zero-order valence-corrected chi connectivity index (χ0v) is 31.1. The number of alkyl halides is 6. The quantitative estimate of drug-likeness (QED) is 0.145. The van der Waals surface area contributed by atoms with E-state index >= 15 is 0 Å². The van der Waals surface area contributed by atoms with E-state index < -0.39 is 41.1 Å². The second-order valence-electron chi connectivity index (χ2n) is 13.8. The van der Waals surface area contributed by atoms with Crippen molar-refractivity contribution in [2.24, 2.45) is 0 Å². The van der Waals surface area contributed by atoms with E-state index in [0.717, 1.165) is 24.3 Å². The van der Waals surface area contributed by atoms with Crippen molar-refractivity contribution in [2.75, 3.05) is 18.5 Å². The van der Waals surface area contributed by atoms with Gasteiger partial charge in [0.15, 0.2) is 11.4 Å². The van der Waals surface area contributed by atoms with Crippen molar-refractivity contribution in [3.05, 3.63) is 144 Å². The molecule has 5 heterocycles. The molecular weight excluding hydrogens is 784 g/mol. The lowest BCUT2D eigenvalue weighted by molar-refractivity contribution is -0.141. The highest BCUT2D eigenvalue weighted by atomic mass is 19.4. The average Bonchev–Trinajstić information content (AvgIpc) is 3.93. The fourth-order valence-corrected chi connectivity index (χ4v) is 6.25. The number of halogens is 6. The summed E-state index contributed by atoms with van der Waals surface area (Å²) < 4.78 is 97.9. The van der Waals surface area contributed by atoms with Crippen LogP contribution in [0.3, 0.4) is 0 Å². The van der Waals surface area contributed by atoms with E-state index in [4.69, 9.17) is 19.3 Å². The van der Waals surface area contributed by atoms with Crippen LogP contribution in [-0.4, -0.2) is 60.9 Å². The van der Waals surface area contributed by atoms with Gasteiger partial charge in [-0.3, -0.25) is 4.79 Å². The molecule has 1 unspecified atom stereocenters. The third kappa shape index (κ3) is 9.37. The maximum Gasteiger partial charge on any atom is 0.416 e. The summed E-state index contributed by atoms with van der Waals surface area (Å²) in [4.78, 5) is 32.9. The molecule has 59 heavy (non-hydrogen) atoms. The summed E-state index contributed by atoms with van der Waals surface area (Å²) in [5.74, 6) is -1.65. The zero-order valence-electron chi connectivity index (χ0n) is 31.1. The third-order valence-corrected chi connectivity index (χ3v) is 9.01. The van der Waals surface area contributed by atoms with Crippen molar-refractivity contribution >= 4 is 28.9 Å². The lowest BCUT2D eigenvalue weighted by Gasteiger charge is -2.17. The van der Waals surface area contributed by atoms with Crippen LogP contribution in [0.25, 0.3) is 33.8 Å². The Balaban J connectivity index is 0.000000204. The van der Waals surface area contributed by atoms with Crippen LogP contribution in [-0.2, 0) is 21.8 Å². The number of carbonyl (C=O) groups excluding carboxylic acids is 1. The number of nitrogens with one attached hydrogen (secondary N) is 1. The Morgan fingerprint density at radius 1 is 0.780 bits per heavy atom. The smallest absolute Gasteiger partial charge is 0.416 e. The van der Waals surface area contributed by atoms with E-state index in [0.29, 0.717) is 41.6 Å². The van der Waals surface area contributed by atoms with Gasteiger partial charge in [0.05, 0.1) is 34.7 Å². The third-order valence-electron chi connectivity index (χ3n) is 9.01. The van der Waals surface area contributed by atoms with Crippen LogP contribution in [0.1, 0.15) is 45.7 Å². The minimum absolute atomic E-state index is 0.0132. The highest BCUT2D eigenvalue weighted by molar-refractivity contribution is 6.08. The Morgan fingerprint density at radius 3 is 1.85 bits per heavy atom. The summed E-state index contributed by atoms with van der Waals surface area (Å²) in [6.45, 7) is 4.41. The maximum atomic E-state index is 13.2. The summed E-state index contributed by atoms with van der Waals surface area (Å²) >= 11 is 0. The zero-order chi connectivity index (χ0) is 42.1. The minimum atomic E-state index is -4.47. The molecule has 0 bridgehead atoms. The van der Waals surface area contributed by atoms with Crippen LogP contribution in [0, 0.1) is 0 Å². The minimum Gasteiger partial charge on any atom is -0.491 e. The van der Waals surface area contributed by atoms with Crippen LogP contribution < -0.4 is 10.1 Å². The van der Waals surface area contributed by atoms with Crippen molar-refractivity contribution in [2.45, 2.75) is 38.1 Å². The van der Waals surface area contributed by atoms with Crippen LogP contribution in [0.2, 0.25) is 0 Å². The topological polar surface area (TPSA) is 129 Å². The van der Waals surface area contributed by atoms with E-state index in [1.54, 1.807) is 65.5 Å². The summed E-state index contributed by atoms with van der Waals surface area (Å²) in [6, 6.07) is 22.8. The van der Waals surface area contributed by atoms with Crippen molar-refractivity contribution < 1.29 is 55.2 Å². The fourth-order valence-electron chi connectivity index (χ4n) is 6.25. The molecule has 1 atom stereocenters. The lowest BCUT2D eigenvalue weighted by atomic mass is 10.1. The van der Waals surface area contributed by atoms with Gasteiger partial charge < -0.3 is 33.4 Å². The van der Waals surface area contributed by atoms with Crippen molar-refractivity contribution in [1.82, 2.24) is 18.8 Å². The molecule has 11 nitrogen and oxygen atoms in total. The number of imidazole rings is 2. The number of hydrogen-bond acceptors (Lipinski definition) is 7. The molecule has 1 saturated heterocycles. The van der Waals surface area contributed by atoms with Crippen LogP contribution in [0.4, 0.5) is 32.0 Å². The first-order valence-corrected chi connectivity index (χ1v) is 17.8. The summed E-state index contributed by atoms with van der Waals surface area (Å²) in [5, 5.41) is 11.9. The molecular formula is C42H33F6N5O6. The SMILES string of the molecule is CC1(C)OCC(COc2cccc(NC(=O)c3cccn4cc(-c5cccc(C(F)(F)F)c5)nc34)c2)O1.O=C(O)c1cccn2cc(-c3cccc(C(F)(F)F)c3)nc12. The number of ether oxygens (including phenoxy) is 3. The van der Waals surface area contributed by atoms with Gasteiger partial charge in [-0.05, 0) is 74.5 Å². The monoisotopic (exact) mass is 817 g/mol. The number of carboxylic acid groups (broad SMARTS) is 1. The number of aromatic nitrogens is 4. The molecule has 8 rings (SSSR count). The highest BCUT2D eigenvalue weighted by Crippen LogP contribution is 2.34. The molecule has 7 aromatic rings. The summed E-state index contributed by atoms with van der Waals surface area (Å²) in [6.07, 6.45) is -2.75. The van der Waals surface area contributed by atoms with Gasteiger partial charge in [-0.15, -0.1) is 0 Å². The lowest BCUT2D eigenvalue weighted by Crippen LogP contribution is -2.25. The molecule has 0 saturated carbocycles. The Kier molecular flexibility index (Phi) is 10.9. The second kappa shape index (κ2) is 15.9. The largest absolute Gasteiger partial charge is 0.491 e. The molecule has 0 aliphatic carbocycles. The molecule has 17 heteroatoms. The Hall–Kier alpha value is -6.72. The molecule has 4 aromatic heterocycles. The first-order valence-electron chi connectivity index (χ1n) is 17.8. The highest BCUT2D eigenvalue weighted by Gasteiger charge is 2.34. The first-order chi connectivity index (χ1) is 27.9. The van der Waals surface area contributed by atoms with Crippen LogP contribution in [0.15, 0.2) is 122 Å². The van der Waals surface area contributed by atoms with Crippen molar-refractivity contribution in [3.63, 3.8) is 0 Å². The fraction of sp³-hybridized carbons (Fsp3) is 0.190. The van der Waals surface area contributed by atoms with Gasteiger partial charge in [0.1, 0.15) is 29.7 Å². The molecule has 2 N–H and O–H groups in total. The number of carbonyl (C=O) groups is 2. The number of benzene rings is 3. The number of pyridine rings is 2. The molecule has 1 aliphatic rings. The van der Waals surface area contributed by atoms with Gasteiger partial charge in [0, 0.05) is 47.7 Å². The van der Waals surface area contributed by atoms with Gasteiger partial charge in [0.25, 0.3) is 5.91 Å². The first kappa shape index (κ1) is 40.5. The number of nitrogens with zero attached hydrogens (tertiary/aromatic N) is 4. The van der Waals surface area contributed by atoms with Crippen LogP contribution in [0.5, 0.6) is 5.75 Å². The maximum absolute atomic E-state index is 13.2. The van der Waals surface area contributed by atoms with Gasteiger partial charge in [-0.1, -0.05) is 30.3 Å². The molecule has 1 aliphatic heterocycles. The number of aromatic carboxylic acids is 1. The van der Waals surface area contributed by atoms with E-state index in [-0.39, 0.29) is 34.1 Å². The number of carboxylic acids is 1. The Morgan fingerprint density at radius 2 is 1.32 bits per heavy atom. The van der Waals surface area contributed by atoms with Gasteiger partial charge in [-0.2, -0.15) is 26.3 Å². The van der Waals surface area contributed by atoms with E-state index in [9.17, 15) is 35.9 Å². The van der Waals surface area contributed by atoms with Crippen LogP contribution >= 0.6 is 0 Å². The van der Waals surface area contributed by atoms with Crippen molar-refractivity contribution in [3.8, 4) is 28.3 Å².